The van der Waals surface area contributed by atoms with E-state index >= 15 is 0 Å². The van der Waals surface area contributed by atoms with Crippen LogP contribution in [0.3, 0.4) is 0 Å². The molecule has 70 valence electrons. The molecule has 0 saturated carbocycles. The van der Waals surface area contributed by atoms with Gasteiger partial charge in [0.05, 0.1) is 13.2 Å². The maximum absolute atomic E-state index is 12.7. The molecule has 0 N–H and O–H groups in total. The normalized spacial score (nSPS) is 15.8. The van der Waals surface area contributed by atoms with Crippen LogP contribution in [-0.4, -0.2) is 8.42 Å². The molecule has 0 unspecified atom stereocenters. The molecule has 0 saturated heterocycles. The van der Waals surface area contributed by atoms with Gasteiger partial charge in [-0.15, -0.1) is 3.89 Å². The Balaban J connectivity index is 2.67. The van der Waals surface area contributed by atoms with Crippen molar-refractivity contribution in [3.8, 4) is 0 Å². The van der Waals surface area contributed by atoms with Crippen LogP contribution in [0.5, 0.6) is 0 Å². The van der Waals surface area contributed by atoms with Gasteiger partial charge < -0.3 is 4.74 Å². The predicted octanol–water partition coefficient (Wildman–Crippen LogP) is 1.38. The van der Waals surface area contributed by atoms with E-state index in [2.05, 4.69) is 0 Å². The van der Waals surface area contributed by atoms with Gasteiger partial charge in [0.2, 0.25) is 0 Å². The van der Waals surface area contributed by atoms with Crippen LogP contribution in [0.1, 0.15) is 11.1 Å². The van der Waals surface area contributed by atoms with Gasteiger partial charge in [0.1, 0.15) is 4.90 Å². The lowest BCUT2D eigenvalue weighted by molar-refractivity contribution is 0.133. The zero-order chi connectivity index (χ0) is 9.47. The summed E-state index contributed by atoms with van der Waals surface area (Å²) in [7, 11) is -4.61. The Kier molecular flexibility index (Phi) is 1.85. The fraction of sp³-hybridized carbons (Fsp3) is 0.250. The molecule has 1 aromatic rings. The van der Waals surface area contributed by atoms with Gasteiger partial charge in [-0.2, -0.15) is 8.42 Å². The summed E-state index contributed by atoms with van der Waals surface area (Å²) in [4.78, 5) is -0.262. The van der Waals surface area contributed by atoms with Crippen molar-refractivity contribution < 1.29 is 17.0 Å². The van der Waals surface area contributed by atoms with Gasteiger partial charge in [-0.05, 0) is 11.6 Å². The third kappa shape index (κ3) is 1.45. The second kappa shape index (κ2) is 2.78. The van der Waals surface area contributed by atoms with Gasteiger partial charge >= 0.3 is 10.2 Å². The first kappa shape index (κ1) is 8.65. The maximum atomic E-state index is 12.7. The lowest BCUT2D eigenvalue weighted by Gasteiger charge is -2.00. The van der Waals surface area contributed by atoms with Gasteiger partial charge in [-0.3, -0.25) is 0 Å². The summed E-state index contributed by atoms with van der Waals surface area (Å²) < 4.78 is 39.1. The standard InChI is InChI=1S/C8H7FO3S/c9-13(10,11)8-3-1-2-6-4-12-5-7(6)8/h1-3H,4-5H2. The molecule has 1 heterocycles. The average Bonchev–Trinajstić information content (AvgIpc) is 2.48. The molecule has 0 aromatic heterocycles. The molecule has 0 fully saturated rings. The highest BCUT2D eigenvalue weighted by atomic mass is 32.3. The highest BCUT2D eigenvalue weighted by Crippen LogP contribution is 2.27. The van der Waals surface area contributed by atoms with E-state index < -0.39 is 10.2 Å². The van der Waals surface area contributed by atoms with Crippen molar-refractivity contribution in [1.82, 2.24) is 0 Å². The van der Waals surface area contributed by atoms with Crippen LogP contribution in [0, 0.1) is 0 Å². The molecule has 1 aromatic carbocycles. The minimum absolute atomic E-state index is 0.175. The summed E-state index contributed by atoms with van der Waals surface area (Å²) in [6, 6.07) is 4.50. The van der Waals surface area contributed by atoms with Gasteiger partial charge in [0, 0.05) is 5.56 Å². The first-order valence-corrected chi connectivity index (χ1v) is 5.10. The minimum atomic E-state index is -4.61. The quantitative estimate of drug-likeness (QED) is 0.646. The van der Waals surface area contributed by atoms with Gasteiger partial charge in [-0.1, -0.05) is 12.1 Å². The average molecular weight is 202 g/mol. The first-order valence-electron chi connectivity index (χ1n) is 3.72. The fourth-order valence-electron chi connectivity index (χ4n) is 1.40. The smallest absolute Gasteiger partial charge is 0.332 e. The molecule has 3 nitrogen and oxygen atoms in total. The van der Waals surface area contributed by atoms with Crippen LogP contribution in [0.25, 0.3) is 0 Å². The van der Waals surface area contributed by atoms with Crippen molar-refractivity contribution >= 4 is 10.2 Å². The zero-order valence-electron chi connectivity index (χ0n) is 6.66. The summed E-state index contributed by atoms with van der Waals surface area (Å²) in [5.41, 5.74) is 1.20. The van der Waals surface area contributed by atoms with E-state index in [1.165, 1.54) is 12.1 Å². The van der Waals surface area contributed by atoms with Gasteiger partial charge in [-0.25, -0.2) is 0 Å². The lowest BCUT2D eigenvalue weighted by atomic mass is 10.1. The number of ether oxygens (including phenoxy) is 1. The second-order valence-electron chi connectivity index (χ2n) is 2.82. The molecule has 1 aliphatic rings. The topological polar surface area (TPSA) is 43.4 Å². The van der Waals surface area contributed by atoms with Crippen LogP contribution >= 0.6 is 0 Å². The molecule has 13 heavy (non-hydrogen) atoms. The van der Waals surface area contributed by atoms with Crippen LogP contribution in [0.15, 0.2) is 23.1 Å². The lowest BCUT2D eigenvalue weighted by Crippen LogP contribution is -1.97. The Morgan fingerprint density at radius 3 is 2.77 bits per heavy atom. The van der Waals surface area contributed by atoms with E-state index in [0.717, 1.165) is 5.56 Å². The van der Waals surface area contributed by atoms with Crippen LogP contribution in [-0.2, 0) is 28.2 Å². The zero-order valence-corrected chi connectivity index (χ0v) is 7.47. The number of fused-ring (bicyclic) bond motifs is 1. The van der Waals surface area contributed by atoms with Crippen molar-refractivity contribution in [2.24, 2.45) is 0 Å². The fourth-order valence-corrected chi connectivity index (χ4v) is 2.13. The van der Waals surface area contributed by atoms with E-state index in [-0.39, 0.29) is 11.5 Å². The highest BCUT2D eigenvalue weighted by Gasteiger charge is 2.22. The van der Waals surface area contributed by atoms with Crippen LogP contribution < -0.4 is 0 Å². The molecule has 5 heteroatoms. The van der Waals surface area contributed by atoms with Crippen molar-refractivity contribution in [3.63, 3.8) is 0 Å². The molecule has 2 rings (SSSR count). The van der Waals surface area contributed by atoms with Gasteiger partial charge in [0.25, 0.3) is 0 Å². The summed E-state index contributed by atoms with van der Waals surface area (Å²) in [6.07, 6.45) is 0. The van der Waals surface area contributed by atoms with Crippen molar-refractivity contribution in [3.05, 3.63) is 29.3 Å². The third-order valence-electron chi connectivity index (χ3n) is 2.00. The summed E-state index contributed by atoms with van der Waals surface area (Å²) in [6.45, 7) is 0.535. The summed E-state index contributed by atoms with van der Waals surface area (Å²) in [5, 5.41) is 0. The predicted molar refractivity (Wildman–Crippen MR) is 43.2 cm³/mol. The number of benzene rings is 1. The molecule has 1 aliphatic heterocycles. The summed E-state index contributed by atoms with van der Waals surface area (Å²) >= 11 is 0. The van der Waals surface area contributed by atoms with E-state index in [1.807, 2.05) is 0 Å². The number of hydrogen-bond donors (Lipinski definition) is 0. The van der Waals surface area contributed by atoms with Gasteiger partial charge in [0.15, 0.2) is 0 Å². The molecule has 0 amide bonds. The second-order valence-corrected chi connectivity index (χ2v) is 4.14. The Hall–Kier alpha value is -0.940. The molecular formula is C8H7FO3S. The Labute approximate surface area is 75.4 Å². The maximum Gasteiger partial charge on any atom is 0.332 e. The highest BCUT2D eigenvalue weighted by molar-refractivity contribution is 7.86. The van der Waals surface area contributed by atoms with Crippen LogP contribution in [0.4, 0.5) is 3.89 Å². The van der Waals surface area contributed by atoms with Crippen molar-refractivity contribution in [1.29, 1.82) is 0 Å². The molecular weight excluding hydrogens is 195 g/mol. The molecule has 0 atom stereocenters. The van der Waals surface area contributed by atoms with Crippen molar-refractivity contribution in [2.75, 3.05) is 0 Å². The first-order chi connectivity index (χ1) is 6.09. The number of hydrogen-bond acceptors (Lipinski definition) is 3. The number of halogens is 1. The minimum Gasteiger partial charge on any atom is -0.372 e. The molecule has 0 aliphatic carbocycles. The van der Waals surface area contributed by atoms with E-state index in [9.17, 15) is 12.3 Å². The molecule has 0 bridgehead atoms. The van der Waals surface area contributed by atoms with E-state index in [4.69, 9.17) is 4.74 Å². The summed E-state index contributed by atoms with van der Waals surface area (Å²) in [5.74, 6) is 0. The largest absolute Gasteiger partial charge is 0.372 e. The van der Waals surface area contributed by atoms with Crippen molar-refractivity contribution in [2.45, 2.75) is 18.1 Å². The van der Waals surface area contributed by atoms with E-state index in [1.54, 1.807) is 6.07 Å². The third-order valence-corrected chi connectivity index (χ3v) is 2.90. The number of rotatable bonds is 1. The molecule has 0 spiro atoms. The Morgan fingerprint density at radius 1 is 1.31 bits per heavy atom. The Bertz CT molecular complexity index is 439. The van der Waals surface area contributed by atoms with Crippen LogP contribution in [0.2, 0.25) is 0 Å². The Morgan fingerprint density at radius 2 is 2.08 bits per heavy atom. The monoisotopic (exact) mass is 202 g/mol. The van der Waals surface area contributed by atoms with E-state index in [0.29, 0.717) is 12.2 Å². The SMILES string of the molecule is O=S(=O)(F)c1cccc2c1COC2. The molecule has 0 radical (unpaired) electrons.